The monoisotopic (exact) mass is 234 g/mol. The van der Waals surface area contributed by atoms with Gasteiger partial charge in [-0.25, -0.2) is 4.39 Å². The van der Waals surface area contributed by atoms with E-state index < -0.39 is 0 Å². The zero-order valence-electron chi connectivity index (χ0n) is 9.90. The molecule has 0 aliphatic carbocycles. The van der Waals surface area contributed by atoms with Crippen molar-refractivity contribution < 1.29 is 8.91 Å². The third kappa shape index (κ3) is 2.46. The van der Waals surface area contributed by atoms with Gasteiger partial charge < -0.3 is 10.3 Å². The minimum absolute atomic E-state index is 0.269. The molecular formula is C13H15FN2O. The van der Waals surface area contributed by atoms with E-state index in [9.17, 15) is 4.39 Å². The number of benzene rings is 1. The molecule has 0 fully saturated rings. The van der Waals surface area contributed by atoms with Gasteiger partial charge in [0.05, 0.1) is 11.3 Å². The Morgan fingerprint density at radius 1 is 1.29 bits per heavy atom. The summed E-state index contributed by atoms with van der Waals surface area (Å²) < 4.78 is 17.9. The summed E-state index contributed by atoms with van der Waals surface area (Å²) >= 11 is 0. The van der Waals surface area contributed by atoms with E-state index in [1.54, 1.807) is 12.1 Å². The van der Waals surface area contributed by atoms with Gasteiger partial charge in [0.15, 0.2) is 0 Å². The minimum atomic E-state index is -0.269. The van der Waals surface area contributed by atoms with Crippen LogP contribution in [0.2, 0.25) is 0 Å². The quantitative estimate of drug-likeness (QED) is 0.886. The molecule has 0 amide bonds. The summed E-state index contributed by atoms with van der Waals surface area (Å²) in [6, 6.07) is 6.17. The first kappa shape index (κ1) is 11.6. The van der Waals surface area contributed by atoms with Gasteiger partial charge in [-0.1, -0.05) is 31.1 Å². The average molecular weight is 234 g/mol. The van der Waals surface area contributed by atoms with Crippen molar-refractivity contribution in [1.82, 2.24) is 5.16 Å². The standard InChI is InChI=1S/C13H15FN2O/c1-8(2)7-11-12(13(15)17-16-11)9-3-5-10(14)6-4-9/h3-6,8H,7,15H2,1-2H3. The number of hydrogen-bond acceptors (Lipinski definition) is 3. The van der Waals surface area contributed by atoms with E-state index in [0.717, 1.165) is 23.2 Å². The summed E-state index contributed by atoms with van der Waals surface area (Å²) in [4.78, 5) is 0. The summed E-state index contributed by atoms with van der Waals surface area (Å²) in [5, 5.41) is 3.96. The van der Waals surface area contributed by atoms with Crippen molar-refractivity contribution in [3.05, 3.63) is 35.8 Å². The van der Waals surface area contributed by atoms with Gasteiger partial charge in [-0.2, -0.15) is 0 Å². The van der Waals surface area contributed by atoms with Crippen LogP contribution in [0.4, 0.5) is 10.3 Å². The van der Waals surface area contributed by atoms with Crippen molar-refractivity contribution in [2.24, 2.45) is 5.92 Å². The van der Waals surface area contributed by atoms with Crippen molar-refractivity contribution >= 4 is 5.88 Å². The predicted molar refractivity (Wildman–Crippen MR) is 64.9 cm³/mol. The normalized spacial score (nSPS) is 11.1. The van der Waals surface area contributed by atoms with Gasteiger partial charge in [-0.3, -0.25) is 0 Å². The number of anilines is 1. The summed E-state index contributed by atoms with van der Waals surface area (Å²) in [6.07, 6.45) is 0.785. The van der Waals surface area contributed by atoms with Crippen LogP contribution in [0.1, 0.15) is 19.5 Å². The summed E-state index contributed by atoms with van der Waals surface area (Å²) in [5.74, 6) is 0.472. The average Bonchev–Trinajstić information content (AvgIpc) is 2.61. The summed E-state index contributed by atoms with van der Waals surface area (Å²) in [5.41, 5.74) is 8.20. The molecule has 90 valence electrons. The van der Waals surface area contributed by atoms with Crippen LogP contribution >= 0.6 is 0 Å². The Morgan fingerprint density at radius 2 is 1.94 bits per heavy atom. The lowest BCUT2D eigenvalue weighted by Gasteiger charge is -2.04. The number of nitrogens with zero attached hydrogens (tertiary/aromatic N) is 1. The molecule has 0 radical (unpaired) electrons. The lowest BCUT2D eigenvalue weighted by molar-refractivity contribution is 0.422. The van der Waals surface area contributed by atoms with Crippen molar-refractivity contribution in [3.63, 3.8) is 0 Å². The molecule has 0 aliphatic heterocycles. The molecule has 0 spiro atoms. The second-order valence-electron chi connectivity index (χ2n) is 4.47. The first-order chi connectivity index (χ1) is 8.08. The molecule has 1 heterocycles. The molecular weight excluding hydrogens is 219 g/mol. The van der Waals surface area contributed by atoms with Crippen LogP contribution in [0, 0.1) is 11.7 Å². The number of halogens is 1. The van der Waals surface area contributed by atoms with Crippen molar-refractivity contribution in [3.8, 4) is 11.1 Å². The lowest BCUT2D eigenvalue weighted by atomic mass is 10.00. The Bertz CT molecular complexity index is 503. The van der Waals surface area contributed by atoms with Crippen LogP contribution in [-0.4, -0.2) is 5.16 Å². The Morgan fingerprint density at radius 3 is 2.53 bits per heavy atom. The number of hydrogen-bond donors (Lipinski definition) is 1. The Hall–Kier alpha value is -1.84. The molecule has 1 aromatic heterocycles. The van der Waals surface area contributed by atoms with Crippen molar-refractivity contribution in [2.75, 3.05) is 5.73 Å². The van der Waals surface area contributed by atoms with Crippen LogP contribution in [0.15, 0.2) is 28.8 Å². The topological polar surface area (TPSA) is 52.0 Å². The Balaban J connectivity index is 2.43. The Kier molecular flexibility index (Phi) is 3.13. The maximum atomic E-state index is 12.9. The van der Waals surface area contributed by atoms with E-state index in [1.165, 1.54) is 12.1 Å². The fourth-order valence-electron chi connectivity index (χ4n) is 1.79. The first-order valence-corrected chi connectivity index (χ1v) is 5.58. The number of aromatic nitrogens is 1. The van der Waals surface area contributed by atoms with Crippen LogP contribution in [0.3, 0.4) is 0 Å². The molecule has 3 nitrogen and oxygen atoms in total. The van der Waals surface area contributed by atoms with Gasteiger partial charge in [0.25, 0.3) is 0 Å². The maximum Gasteiger partial charge on any atom is 0.230 e. The highest BCUT2D eigenvalue weighted by molar-refractivity contribution is 5.74. The van der Waals surface area contributed by atoms with Gasteiger partial charge >= 0.3 is 0 Å². The molecule has 0 unspecified atom stereocenters. The minimum Gasteiger partial charge on any atom is -0.367 e. The molecule has 0 saturated carbocycles. The molecule has 2 N–H and O–H groups in total. The second kappa shape index (κ2) is 4.57. The Labute approximate surface area is 99.4 Å². The second-order valence-corrected chi connectivity index (χ2v) is 4.47. The van der Waals surface area contributed by atoms with E-state index >= 15 is 0 Å². The molecule has 0 atom stereocenters. The molecule has 2 rings (SSSR count). The van der Waals surface area contributed by atoms with Crippen molar-refractivity contribution in [2.45, 2.75) is 20.3 Å². The van der Waals surface area contributed by atoms with Crippen LogP contribution in [0.25, 0.3) is 11.1 Å². The molecule has 17 heavy (non-hydrogen) atoms. The third-order valence-electron chi connectivity index (χ3n) is 2.52. The third-order valence-corrected chi connectivity index (χ3v) is 2.52. The highest BCUT2D eigenvalue weighted by atomic mass is 19.1. The van der Waals surface area contributed by atoms with E-state index in [0.29, 0.717) is 5.92 Å². The molecule has 0 saturated heterocycles. The maximum absolute atomic E-state index is 12.9. The summed E-state index contributed by atoms with van der Waals surface area (Å²) in [6.45, 7) is 4.19. The predicted octanol–water partition coefficient (Wildman–Crippen LogP) is 3.26. The fourth-order valence-corrected chi connectivity index (χ4v) is 1.79. The largest absolute Gasteiger partial charge is 0.367 e. The van der Waals surface area contributed by atoms with Crippen LogP contribution in [-0.2, 0) is 6.42 Å². The smallest absolute Gasteiger partial charge is 0.230 e. The molecule has 2 aromatic rings. The van der Waals surface area contributed by atoms with E-state index in [4.69, 9.17) is 10.3 Å². The lowest BCUT2D eigenvalue weighted by Crippen LogP contribution is -1.97. The highest BCUT2D eigenvalue weighted by Crippen LogP contribution is 2.31. The fraction of sp³-hybridized carbons (Fsp3) is 0.308. The van der Waals surface area contributed by atoms with Gasteiger partial charge in [-0.05, 0) is 30.0 Å². The van der Waals surface area contributed by atoms with Gasteiger partial charge in [0, 0.05) is 0 Å². The van der Waals surface area contributed by atoms with E-state index in [-0.39, 0.29) is 11.7 Å². The number of nitrogens with two attached hydrogens (primary N) is 1. The molecule has 0 aliphatic rings. The zero-order valence-corrected chi connectivity index (χ0v) is 9.90. The zero-order chi connectivity index (χ0) is 12.4. The van der Waals surface area contributed by atoms with Gasteiger partial charge in [0.1, 0.15) is 5.82 Å². The van der Waals surface area contributed by atoms with E-state index in [1.807, 2.05) is 0 Å². The number of rotatable bonds is 3. The SMILES string of the molecule is CC(C)Cc1noc(N)c1-c1ccc(F)cc1. The molecule has 0 bridgehead atoms. The van der Waals surface area contributed by atoms with Crippen molar-refractivity contribution in [1.29, 1.82) is 0 Å². The van der Waals surface area contributed by atoms with Gasteiger partial charge in [0.2, 0.25) is 5.88 Å². The summed E-state index contributed by atoms with van der Waals surface area (Å²) in [7, 11) is 0. The van der Waals surface area contributed by atoms with Crippen LogP contribution in [0.5, 0.6) is 0 Å². The van der Waals surface area contributed by atoms with Gasteiger partial charge in [-0.15, -0.1) is 0 Å². The highest BCUT2D eigenvalue weighted by Gasteiger charge is 2.16. The number of nitrogen functional groups attached to an aromatic ring is 1. The van der Waals surface area contributed by atoms with E-state index in [2.05, 4.69) is 19.0 Å². The molecule has 4 heteroatoms. The molecule has 1 aromatic carbocycles. The first-order valence-electron chi connectivity index (χ1n) is 5.58. The van der Waals surface area contributed by atoms with Crippen LogP contribution < -0.4 is 5.73 Å².